The second-order valence-corrected chi connectivity index (χ2v) is 5.28. The number of nitrogens with one attached hydrogen (secondary N) is 1. The number of rotatable bonds is 3. The van der Waals surface area contributed by atoms with Crippen molar-refractivity contribution in [3.63, 3.8) is 0 Å². The molecule has 2 unspecified atom stereocenters. The predicted octanol–water partition coefficient (Wildman–Crippen LogP) is 2.10. The lowest BCUT2D eigenvalue weighted by Crippen LogP contribution is -2.45. The van der Waals surface area contributed by atoms with Crippen LogP contribution in [0.1, 0.15) is 45.4 Å². The van der Waals surface area contributed by atoms with E-state index in [1.165, 1.54) is 38.5 Å². The Bertz CT molecular complexity index is 202. The van der Waals surface area contributed by atoms with Crippen LogP contribution in [0.4, 0.5) is 0 Å². The SMILES string of the molecule is COC1CCC(NC2CCOC(C)C2)CC1. The van der Waals surface area contributed by atoms with Crippen LogP contribution >= 0.6 is 0 Å². The summed E-state index contributed by atoms with van der Waals surface area (Å²) in [4.78, 5) is 0. The Hall–Kier alpha value is -0.120. The largest absolute Gasteiger partial charge is 0.381 e. The van der Waals surface area contributed by atoms with E-state index in [2.05, 4.69) is 12.2 Å². The highest BCUT2D eigenvalue weighted by atomic mass is 16.5. The molecule has 2 rings (SSSR count). The molecule has 2 fully saturated rings. The molecule has 0 aromatic heterocycles. The summed E-state index contributed by atoms with van der Waals surface area (Å²) in [7, 11) is 1.83. The fourth-order valence-electron chi connectivity index (χ4n) is 2.95. The smallest absolute Gasteiger partial charge is 0.0572 e. The molecule has 1 aliphatic carbocycles. The first-order valence-electron chi connectivity index (χ1n) is 6.68. The second kappa shape index (κ2) is 5.99. The zero-order valence-electron chi connectivity index (χ0n) is 10.6. The molecule has 1 N–H and O–H groups in total. The third-order valence-electron chi connectivity index (χ3n) is 3.96. The standard InChI is InChI=1S/C13H25NO2/c1-10-9-12(7-8-16-10)14-11-3-5-13(15-2)6-4-11/h10-14H,3-9H2,1-2H3. The molecule has 2 atom stereocenters. The van der Waals surface area contributed by atoms with Gasteiger partial charge in [0.2, 0.25) is 0 Å². The van der Waals surface area contributed by atoms with Gasteiger partial charge in [0, 0.05) is 25.8 Å². The van der Waals surface area contributed by atoms with Crippen molar-refractivity contribution in [2.75, 3.05) is 13.7 Å². The van der Waals surface area contributed by atoms with E-state index in [1.54, 1.807) is 0 Å². The highest BCUT2D eigenvalue weighted by Gasteiger charge is 2.25. The maximum absolute atomic E-state index is 5.57. The molecule has 0 radical (unpaired) electrons. The minimum atomic E-state index is 0.432. The Morgan fingerprint density at radius 3 is 2.44 bits per heavy atom. The summed E-state index contributed by atoms with van der Waals surface area (Å²) in [5, 5.41) is 3.80. The molecule has 0 aromatic carbocycles. The zero-order valence-corrected chi connectivity index (χ0v) is 10.6. The minimum Gasteiger partial charge on any atom is -0.381 e. The molecule has 1 heterocycles. The second-order valence-electron chi connectivity index (χ2n) is 5.28. The van der Waals surface area contributed by atoms with E-state index in [0.29, 0.717) is 24.3 Å². The van der Waals surface area contributed by atoms with Crippen LogP contribution < -0.4 is 5.32 Å². The van der Waals surface area contributed by atoms with E-state index in [9.17, 15) is 0 Å². The molecule has 3 nitrogen and oxygen atoms in total. The third kappa shape index (κ3) is 3.44. The van der Waals surface area contributed by atoms with Gasteiger partial charge in [-0.25, -0.2) is 0 Å². The van der Waals surface area contributed by atoms with Crippen LogP contribution in [-0.2, 0) is 9.47 Å². The van der Waals surface area contributed by atoms with Crippen molar-refractivity contribution in [2.24, 2.45) is 0 Å². The molecule has 2 aliphatic rings. The number of ether oxygens (including phenoxy) is 2. The van der Waals surface area contributed by atoms with Gasteiger partial charge >= 0.3 is 0 Å². The van der Waals surface area contributed by atoms with Crippen LogP contribution in [-0.4, -0.2) is 38.0 Å². The van der Waals surface area contributed by atoms with E-state index in [0.717, 1.165) is 6.61 Å². The zero-order chi connectivity index (χ0) is 11.4. The van der Waals surface area contributed by atoms with Crippen molar-refractivity contribution in [2.45, 2.75) is 69.7 Å². The Labute approximate surface area is 98.9 Å². The van der Waals surface area contributed by atoms with Gasteiger partial charge < -0.3 is 14.8 Å². The fraction of sp³-hybridized carbons (Fsp3) is 1.00. The van der Waals surface area contributed by atoms with Crippen molar-refractivity contribution < 1.29 is 9.47 Å². The van der Waals surface area contributed by atoms with Crippen molar-refractivity contribution in [1.29, 1.82) is 0 Å². The van der Waals surface area contributed by atoms with Crippen LogP contribution in [0.15, 0.2) is 0 Å². The number of hydrogen-bond acceptors (Lipinski definition) is 3. The molecule has 3 heteroatoms. The maximum atomic E-state index is 5.57. The van der Waals surface area contributed by atoms with Crippen molar-refractivity contribution in [1.82, 2.24) is 5.32 Å². The number of methoxy groups -OCH3 is 1. The highest BCUT2D eigenvalue weighted by molar-refractivity contribution is 4.83. The molecule has 1 aliphatic heterocycles. The summed E-state index contributed by atoms with van der Waals surface area (Å²) in [6.07, 6.45) is 8.25. The van der Waals surface area contributed by atoms with Gasteiger partial charge in [-0.2, -0.15) is 0 Å². The normalized spacial score (nSPS) is 40.9. The van der Waals surface area contributed by atoms with Gasteiger partial charge in [-0.05, 0) is 45.4 Å². The molecule has 1 saturated heterocycles. The van der Waals surface area contributed by atoms with Gasteiger partial charge in [0.25, 0.3) is 0 Å². The molecule has 16 heavy (non-hydrogen) atoms. The minimum absolute atomic E-state index is 0.432. The average Bonchev–Trinajstić information content (AvgIpc) is 2.30. The Kier molecular flexibility index (Phi) is 4.62. The van der Waals surface area contributed by atoms with E-state index >= 15 is 0 Å². The average molecular weight is 227 g/mol. The fourth-order valence-corrected chi connectivity index (χ4v) is 2.95. The van der Waals surface area contributed by atoms with Gasteiger partial charge in [0.1, 0.15) is 0 Å². The Morgan fingerprint density at radius 2 is 1.81 bits per heavy atom. The Balaban J connectivity index is 1.69. The summed E-state index contributed by atoms with van der Waals surface area (Å²) in [5.41, 5.74) is 0. The van der Waals surface area contributed by atoms with Gasteiger partial charge in [-0.15, -0.1) is 0 Å². The van der Waals surface area contributed by atoms with Crippen molar-refractivity contribution >= 4 is 0 Å². The molecule has 0 bridgehead atoms. The van der Waals surface area contributed by atoms with Crippen molar-refractivity contribution in [3.8, 4) is 0 Å². The molecular weight excluding hydrogens is 202 g/mol. The van der Waals surface area contributed by atoms with Crippen molar-refractivity contribution in [3.05, 3.63) is 0 Å². The van der Waals surface area contributed by atoms with E-state index in [-0.39, 0.29) is 0 Å². The summed E-state index contributed by atoms with van der Waals surface area (Å²) < 4.78 is 11.0. The monoisotopic (exact) mass is 227 g/mol. The lowest BCUT2D eigenvalue weighted by Gasteiger charge is -2.34. The predicted molar refractivity (Wildman–Crippen MR) is 64.6 cm³/mol. The molecular formula is C13H25NO2. The van der Waals surface area contributed by atoms with E-state index < -0.39 is 0 Å². The first-order valence-corrected chi connectivity index (χ1v) is 6.68. The lowest BCUT2D eigenvalue weighted by molar-refractivity contribution is 0.00710. The molecule has 1 saturated carbocycles. The first-order chi connectivity index (χ1) is 7.78. The van der Waals surface area contributed by atoms with Crippen LogP contribution in [0, 0.1) is 0 Å². The summed E-state index contributed by atoms with van der Waals surface area (Å²) in [5.74, 6) is 0. The summed E-state index contributed by atoms with van der Waals surface area (Å²) >= 11 is 0. The van der Waals surface area contributed by atoms with Gasteiger partial charge in [-0.1, -0.05) is 0 Å². The van der Waals surface area contributed by atoms with Gasteiger partial charge in [-0.3, -0.25) is 0 Å². The van der Waals surface area contributed by atoms with Gasteiger partial charge in [0.15, 0.2) is 0 Å². The summed E-state index contributed by atoms with van der Waals surface area (Å²) in [6.45, 7) is 3.10. The third-order valence-corrected chi connectivity index (χ3v) is 3.96. The molecule has 94 valence electrons. The quantitative estimate of drug-likeness (QED) is 0.801. The number of hydrogen-bond donors (Lipinski definition) is 1. The van der Waals surface area contributed by atoms with E-state index in [4.69, 9.17) is 9.47 Å². The van der Waals surface area contributed by atoms with Crippen LogP contribution in [0.2, 0.25) is 0 Å². The maximum Gasteiger partial charge on any atom is 0.0572 e. The lowest BCUT2D eigenvalue weighted by atomic mass is 9.91. The Morgan fingerprint density at radius 1 is 1.06 bits per heavy atom. The summed E-state index contributed by atoms with van der Waals surface area (Å²) in [6, 6.07) is 1.38. The molecule has 0 aromatic rings. The van der Waals surface area contributed by atoms with Gasteiger partial charge in [0.05, 0.1) is 12.2 Å². The topological polar surface area (TPSA) is 30.5 Å². The van der Waals surface area contributed by atoms with Crippen LogP contribution in [0.5, 0.6) is 0 Å². The first kappa shape index (κ1) is 12.3. The molecule has 0 spiro atoms. The molecule has 0 amide bonds. The van der Waals surface area contributed by atoms with E-state index in [1.807, 2.05) is 7.11 Å². The highest BCUT2D eigenvalue weighted by Crippen LogP contribution is 2.23. The van der Waals surface area contributed by atoms with Crippen LogP contribution in [0.25, 0.3) is 0 Å². The van der Waals surface area contributed by atoms with Crippen LogP contribution in [0.3, 0.4) is 0 Å².